The summed E-state index contributed by atoms with van der Waals surface area (Å²) in [7, 11) is 5.63. The Labute approximate surface area is 177 Å². The van der Waals surface area contributed by atoms with Crippen molar-refractivity contribution in [3.63, 3.8) is 0 Å². The van der Waals surface area contributed by atoms with Gasteiger partial charge in [0.1, 0.15) is 0 Å². The van der Waals surface area contributed by atoms with Gasteiger partial charge in [0.2, 0.25) is 5.91 Å². The van der Waals surface area contributed by atoms with E-state index in [1.807, 2.05) is 58.9 Å². The lowest BCUT2D eigenvalue weighted by Gasteiger charge is -2.36. The van der Waals surface area contributed by atoms with E-state index < -0.39 is 0 Å². The Morgan fingerprint density at radius 2 is 1.90 bits per heavy atom. The zero-order valence-electron chi connectivity index (χ0n) is 17.3. The standard InChI is InChI=1S/C21H29ClN6O/c1-23-21(26(3)16-19-13-17(22)15-25(19)2)24-14-20(29)28-11-9-27(10-12-28)18-7-5-4-6-8-18/h4-8,13,15H,9-12,14,16H2,1-3H3,(H,23,24). The molecule has 0 radical (unpaired) electrons. The Morgan fingerprint density at radius 3 is 2.48 bits per heavy atom. The summed E-state index contributed by atoms with van der Waals surface area (Å²) in [5, 5.41) is 3.90. The minimum atomic E-state index is 0.0918. The lowest BCUT2D eigenvalue weighted by molar-refractivity contribution is -0.130. The number of hydrogen-bond donors (Lipinski definition) is 1. The van der Waals surface area contributed by atoms with E-state index in [9.17, 15) is 4.79 Å². The third-order valence-corrected chi connectivity index (χ3v) is 5.41. The molecule has 1 saturated heterocycles. The summed E-state index contributed by atoms with van der Waals surface area (Å²) in [6.45, 7) is 4.03. The van der Waals surface area contributed by atoms with Crippen LogP contribution in [-0.4, -0.2) is 73.1 Å². The number of piperazine rings is 1. The maximum atomic E-state index is 12.6. The molecule has 1 aliphatic rings. The molecular weight excluding hydrogens is 388 g/mol. The molecule has 1 aliphatic heterocycles. The molecule has 2 aromatic rings. The van der Waals surface area contributed by atoms with Crippen molar-refractivity contribution in [3.05, 3.63) is 53.3 Å². The molecule has 8 heteroatoms. The molecule has 1 amide bonds. The minimum Gasteiger partial charge on any atom is -0.368 e. The Balaban J connectivity index is 1.47. The number of aliphatic imine (C=N–C) groups is 1. The number of rotatable bonds is 5. The molecule has 156 valence electrons. The Morgan fingerprint density at radius 1 is 1.21 bits per heavy atom. The molecule has 1 aromatic carbocycles. The molecule has 0 aliphatic carbocycles. The molecule has 7 nitrogen and oxygen atoms in total. The summed E-state index contributed by atoms with van der Waals surface area (Å²) in [4.78, 5) is 23.2. The fraction of sp³-hybridized carbons (Fsp3) is 0.429. The number of carbonyl (C=O) groups excluding carboxylic acids is 1. The van der Waals surface area contributed by atoms with Crippen LogP contribution < -0.4 is 10.2 Å². The zero-order valence-corrected chi connectivity index (χ0v) is 18.1. The maximum Gasteiger partial charge on any atom is 0.242 e. The van der Waals surface area contributed by atoms with Crippen molar-refractivity contribution in [2.75, 3.05) is 51.7 Å². The van der Waals surface area contributed by atoms with Crippen LogP contribution in [0.5, 0.6) is 0 Å². The number of nitrogens with zero attached hydrogens (tertiary/aromatic N) is 5. The average molecular weight is 417 g/mol. The molecule has 2 heterocycles. The van der Waals surface area contributed by atoms with Crippen LogP contribution in [0.25, 0.3) is 0 Å². The van der Waals surface area contributed by atoms with E-state index in [1.54, 1.807) is 7.05 Å². The molecule has 0 atom stereocenters. The minimum absolute atomic E-state index is 0.0918. The number of aromatic nitrogens is 1. The van der Waals surface area contributed by atoms with Crippen molar-refractivity contribution in [3.8, 4) is 0 Å². The van der Waals surface area contributed by atoms with Crippen LogP contribution in [0, 0.1) is 0 Å². The van der Waals surface area contributed by atoms with Gasteiger partial charge in [-0.3, -0.25) is 9.79 Å². The number of benzene rings is 1. The fourth-order valence-electron chi connectivity index (χ4n) is 3.55. The average Bonchev–Trinajstić information content (AvgIpc) is 3.05. The number of hydrogen-bond acceptors (Lipinski definition) is 3. The second kappa shape index (κ2) is 9.69. The summed E-state index contributed by atoms with van der Waals surface area (Å²) in [6.07, 6.45) is 1.87. The highest BCUT2D eigenvalue weighted by atomic mass is 35.5. The molecular formula is C21H29ClN6O. The summed E-state index contributed by atoms with van der Waals surface area (Å²) in [5.41, 5.74) is 2.28. The number of aryl methyl sites for hydroxylation is 1. The van der Waals surface area contributed by atoms with E-state index >= 15 is 0 Å². The highest BCUT2D eigenvalue weighted by Gasteiger charge is 2.21. The summed E-state index contributed by atoms with van der Waals surface area (Å²) >= 11 is 6.06. The van der Waals surface area contributed by atoms with Crippen molar-refractivity contribution in [1.29, 1.82) is 0 Å². The van der Waals surface area contributed by atoms with Gasteiger partial charge in [0.15, 0.2) is 5.96 Å². The van der Waals surface area contributed by atoms with E-state index in [4.69, 9.17) is 11.6 Å². The van der Waals surface area contributed by atoms with Gasteiger partial charge in [0.05, 0.1) is 18.1 Å². The van der Waals surface area contributed by atoms with Crippen molar-refractivity contribution in [2.24, 2.45) is 12.0 Å². The summed E-state index contributed by atoms with van der Waals surface area (Å²) < 4.78 is 1.99. The van der Waals surface area contributed by atoms with Gasteiger partial charge in [0, 0.05) is 64.9 Å². The third-order valence-electron chi connectivity index (χ3n) is 5.20. The van der Waals surface area contributed by atoms with E-state index in [0.29, 0.717) is 17.5 Å². The molecule has 0 unspecified atom stereocenters. The lowest BCUT2D eigenvalue weighted by Crippen LogP contribution is -2.52. The van der Waals surface area contributed by atoms with Crippen LogP contribution in [0.4, 0.5) is 5.69 Å². The highest BCUT2D eigenvalue weighted by Crippen LogP contribution is 2.16. The smallest absolute Gasteiger partial charge is 0.242 e. The van der Waals surface area contributed by atoms with Crippen LogP contribution in [0.2, 0.25) is 5.02 Å². The predicted molar refractivity (Wildman–Crippen MR) is 118 cm³/mol. The Bertz CT molecular complexity index is 842. The predicted octanol–water partition coefficient (Wildman–Crippen LogP) is 2.03. The van der Waals surface area contributed by atoms with Gasteiger partial charge in [-0.15, -0.1) is 0 Å². The number of carbonyl (C=O) groups is 1. The van der Waals surface area contributed by atoms with Gasteiger partial charge in [-0.05, 0) is 18.2 Å². The Hall–Kier alpha value is -2.67. The maximum absolute atomic E-state index is 12.6. The Kier molecular flexibility index (Phi) is 7.04. The summed E-state index contributed by atoms with van der Waals surface area (Å²) in [6, 6.07) is 12.3. The number of guanidine groups is 1. The van der Waals surface area contributed by atoms with E-state index in [0.717, 1.165) is 31.9 Å². The van der Waals surface area contributed by atoms with Gasteiger partial charge >= 0.3 is 0 Å². The molecule has 3 rings (SSSR count). The fourth-order valence-corrected chi connectivity index (χ4v) is 3.82. The van der Waals surface area contributed by atoms with Crippen LogP contribution in [0.15, 0.2) is 47.6 Å². The van der Waals surface area contributed by atoms with Crippen LogP contribution in [-0.2, 0) is 18.4 Å². The quantitative estimate of drug-likeness (QED) is 0.598. The number of halogens is 1. The molecule has 0 bridgehead atoms. The van der Waals surface area contributed by atoms with Crippen LogP contribution in [0.3, 0.4) is 0 Å². The van der Waals surface area contributed by atoms with E-state index in [-0.39, 0.29) is 12.5 Å². The van der Waals surface area contributed by atoms with Gasteiger partial charge in [-0.2, -0.15) is 0 Å². The van der Waals surface area contributed by atoms with E-state index in [2.05, 4.69) is 27.3 Å². The molecule has 1 N–H and O–H groups in total. The molecule has 0 spiro atoms. The highest BCUT2D eigenvalue weighted by molar-refractivity contribution is 6.30. The first-order valence-corrected chi connectivity index (χ1v) is 10.2. The monoisotopic (exact) mass is 416 g/mol. The molecule has 1 fully saturated rings. The first-order chi connectivity index (χ1) is 14.0. The molecule has 1 aromatic heterocycles. The zero-order chi connectivity index (χ0) is 20.8. The van der Waals surface area contributed by atoms with Gasteiger partial charge < -0.3 is 24.6 Å². The van der Waals surface area contributed by atoms with E-state index in [1.165, 1.54) is 5.69 Å². The second-order valence-electron chi connectivity index (χ2n) is 7.22. The van der Waals surface area contributed by atoms with Crippen molar-refractivity contribution in [2.45, 2.75) is 6.54 Å². The van der Waals surface area contributed by atoms with Gasteiger partial charge in [-0.25, -0.2) is 0 Å². The first-order valence-electron chi connectivity index (χ1n) is 9.78. The normalized spacial score (nSPS) is 14.8. The van der Waals surface area contributed by atoms with Crippen molar-refractivity contribution in [1.82, 2.24) is 19.7 Å². The molecule has 0 saturated carbocycles. The third kappa shape index (κ3) is 5.44. The number of amides is 1. The van der Waals surface area contributed by atoms with Crippen LogP contribution in [0.1, 0.15) is 5.69 Å². The summed E-state index contributed by atoms with van der Waals surface area (Å²) in [5.74, 6) is 0.771. The topological polar surface area (TPSA) is 56.1 Å². The van der Waals surface area contributed by atoms with Gasteiger partial charge in [-0.1, -0.05) is 29.8 Å². The molecule has 29 heavy (non-hydrogen) atoms. The lowest BCUT2D eigenvalue weighted by atomic mass is 10.2. The van der Waals surface area contributed by atoms with Gasteiger partial charge in [0.25, 0.3) is 0 Å². The van der Waals surface area contributed by atoms with Crippen molar-refractivity contribution < 1.29 is 4.79 Å². The van der Waals surface area contributed by atoms with Crippen LogP contribution >= 0.6 is 11.6 Å². The number of para-hydroxylation sites is 1. The largest absolute Gasteiger partial charge is 0.368 e. The number of nitrogens with one attached hydrogen (secondary N) is 1. The number of anilines is 1. The first kappa shape index (κ1) is 21.0. The second-order valence-corrected chi connectivity index (χ2v) is 7.66. The van der Waals surface area contributed by atoms with Crippen molar-refractivity contribution >= 4 is 29.2 Å². The SMILES string of the molecule is CN=C(NCC(=O)N1CCN(c2ccccc2)CC1)N(C)Cc1cc(Cl)cn1C.